The number of nitrogens with zero attached hydrogens (tertiary/aromatic N) is 4. The summed E-state index contributed by atoms with van der Waals surface area (Å²) in [6.07, 6.45) is 1.88. The lowest BCUT2D eigenvalue weighted by atomic mass is 9.98. The van der Waals surface area contributed by atoms with E-state index >= 15 is 0 Å². The van der Waals surface area contributed by atoms with E-state index in [0.29, 0.717) is 19.1 Å². The van der Waals surface area contributed by atoms with Gasteiger partial charge in [-0.25, -0.2) is 9.67 Å². The number of β-amino-alcohol motifs (C(OH)–C–C–N with tert-alkyl or cyclic N) is 1. The number of rotatable bonds is 7. The molecule has 1 N–H and O–H groups in total. The van der Waals surface area contributed by atoms with Crippen LogP contribution in [0.3, 0.4) is 0 Å². The molecule has 2 unspecified atom stereocenters. The summed E-state index contributed by atoms with van der Waals surface area (Å²) >= 11 is 0. The number of aliphatic hydroxyl groups excluding tert-OH is 1. The Morgan fingerprint density at radius 3 is 2.80 bits per heavy atom. The van der Waals surface area contributed by atoms with Crippen molar-refractivity contribution < 1.29 is 9.84 Å². The van der Waals surface area contributed by atoms with E-state index in [-0.39, 0.29) is 0 Å². The van der Waals surface area contributed by atoms with E-state index in [2.05, 4.69) is 15.0 Å². The van der Waals surface area contributed by atoms with Crippen LogP contribution in [0.2, 0.25) is 0 Å². The highest BCUT2D eigenvalue weighted by molar-refractivity contribution is 5.20. The molecule has 1 aliphatic rings. The van der Waals surface area contributed by atoms with Crippen molar-refractivity contribution in [3.8, 4) is 5.75 Å². The SMILES string of the molecule is Cc1nc(C)n(CC2CCCN(CC(O)COc3ccccc3)C2)n1. The number of hydrogen-bond acceptors (Lipinski definition) is 5. The highest BCUT2D eigenvalue weighted by Crippen LogP contribution is 2.19. The fourth-order valence-corrected chi connectivity index (χ4v) is 3.50. The molecule has 0 amide bonds. The molecule has 0 spiro atoms. The first-order valence-corrected chi connectivity index (χ1v) is 9.06. The van der Waals surface area contributed by atoms with Crippen LogP contribution in [0.1, 0.15) is 24.5 Å². The number of aromatic nitrogens is 3. The highest BCUT2D eigenvalue weighted by atomic mass is 16.5. The Bertz CT molecular complexity index is 659. The van der Waals surface area contributed by atoms with Crippen molar-refractivity contribution >= 4 is 0 Å². The second-order valence-electron chi connectivity index (χ2n) is 6.93. The number of likely N-dealkylation sites (tertiary alicyclic amines) is 1. The zero-order valence-electron chi connectivity index (χ0n) is 15.1. The van der Waals surface area contributed by atoms with Crippen molar-refractivity contribution in [3.05, 3.63) is 42.0 Å². The molecule has 0 saturated carbocycles. The topological polar surface area (TPSA) is 63.4 Å². The van der Waals surface area contributed by atoms with Crippen LogP contribution in [-0.4, -0.2) is 57.1 Å². The Balaban J connectivity index is 1.45. The molecular weight excluding hydrogens is 316 g/mol. The van der Waals surface area contributed by atoms with Crippen molar-refractivity contribution in [1.82, 2.24) is 19.7 Å². The minimum atomic E-state index is -0.477. The first-order chi connectivity index (χ1) is 12.1. The van der Waals surface area contributed by atoms with Crippen molar-refractivity contribution in [2.24, 2.45) is 5.92 Å². The van der Waals surface area contributed by atoms with Crippen molar-refractivity contribution in [3.63, 3.8) is 0 Å². The van der Waals surface area contributed by atoms with Gasteiger partial charge < -0.3 is 14.7 Å². The van der Waals surface area contributed by atoms with E-state index in [0.717, 1.165) is 43.5 Å². The van der Waals surface area contributed by atoms with Gasteiger partial charge in [0.05, 0.1) is 0 Å². The van der Waals surface area contributed by atoms with E-state index in [4.69, 9.17) is 4.74 Å². The number of aliphatic hydroxyl groups is 1. The van der Waals surface area contributed by atoms with Crippen LogP contribution in [-0.2, 0) is 6.54 Å². The standard InChI is InChI=1S/C19H28N4O2/c1-15-20-16(2)23(21-15)12-17-7-6-10-22(11-17)13-18(24)14-25-19-8-4-3-5-9-19/h3-5,8-9,17-18,24H,6-7,10-14H2,1-2H3. The number of benzene rings is 1. The molecular formula is C19H28N4O2. The monoisotopic (exact) mass is 344 g/mol. The molecule has 6 nitrogen and oxygen atoms in total. The van der Waals surface area contributed by atoms with Gasteiger partial charge in [0.15, 0.2) is 0 Å². The minimum absolute atomic E-state index is 0.326. The summed E-state index contributed by atoms with van der Waals surface area (Å²) in [5.74, 6) is 3.16. The summed E-state index contributed by atoms with van der Waals surface area (Å²) in [4.78, 5) is 6.72. The zero-order chi connectivity index (χ0) is 17.6. The van der Waals surface area contributed by atoms with Crippen molar-refractivity contribution in [2.75, 3.05) is 26.2 Å². The third-order valence-corrected chi connectivity index (χ3v) is 4.65. The van der Waals surface area contributed by atoms with E-state index in [1.54, 1.807) is 0 Å². The lowest BCUT2D eigenvalue weighted by Gasteiger charge is -2.33. The third-order valence-electron chi connectivity index (χ3n) is 4.65. The average molecular weight is 344 g/mol. The molecule has 1 aromatic heterocycles. The smallest absolute Gasteiger partial charge is 0.147 e. The molecule has 25 heavy (non-hydrogen) atoms. The van der Waals surface area contributed by atoms with Gasteiger partial charge in [-0.1, -0.05) is 18.2 Å². The molecule has 1 saturated heterocycles. The Morgan fingerprint density at radius 1 is 1.28 bits per heavy atom. The van der Waals surface area contributed by atoms with Crippen molar-refractivity contribution in [1.29, 1.82) is 0 Å². The number of hydrogen-bond donors (Lipinski definition) is 1. The van der Waals surface area contributed by atoms with Crippen LogP contribution in [0.25, 0.3) is 0 Å². The van der Waals surface area contributed by atoms with Gasteiger partial charge in [-0.3, -0.25) is 0 Å². The molecule has 136 valence electrons. The normalized spacial score (nSPS) is 19.7. The van der Waals surface area contributed by atoms with Gasteiger partial charge in [-0.2, -0.15) is 5.10 Å². The summed E-state index contributed by atoms with van der Waals surface area (Å²) in [5.41, 5.74) is 0. The van der Waals surface area contributed by atoms with Crippen LogP contribution in [0, 0.1) is 19.8 Å². The van der Waals surface area contributed by atoms with Gasteiger partial charge in [0.2, 0.25) is 0 Å². The fourth-order valence-electron chi connectivity index (χ4n) is 3.50. The Kier molecular flexibility index (Phi) is 6.04. The lowest BCUT2D eigenvalue weighted by Crippen LogP contribution is -2.42. The predicted octanol–water partition coefficient (Wildman–Crippen LogP) is 2.05. The van der Waals surface area contributed by atoms with Gasteiger partial charge in [0, 0.05) is 19.6 Å². The molecule has 1 aromatic carbocycles. The summed E-state index contributed by atoms with van der Waals surface area (Å²) in [5, 5.41) is 14.8. The van der Waals surface area contributed by atoms with Gasteiger partial charge in [-0.05, 0) is 51.3 Å². The maximum atomic E-state index is 10.3. The van der Waals surface area contributed by atoms with Crippen LogP contribution in [0.5, 0.6) is 5.75 Å². The summed E-state index contributed by atoms with van der Waals surface area (Å²) < 4.78 is 7.66. The van der Waals surface area contributed by atoms with E-state index in [1.807, 2.05) is 48.9 Å². The largest absolute Gasteiger partial charge is 0.491 e. The highest BCUT2D eigenvalue weighted by Gasteiger charge is 2.23. The average Bonchev–Trinajstić information content (AvgIpc) is 2.91. The predicted molar refractivity (Wildman–Crippen MR) is 96.6 cm³/mol. The molecule has 0 bridgehead atoms. The van der Waals surface area contributed by atoms with Crippen LogP contribution in [0.4, 0.5) is 0 Å². The molecule has 3 rings (SSSR count). The molecule has 2 heterocycles. The first kappa shape index (κ1) is 17.9. The molecule has 1 fully saturated rings. The maximum Gasteiger partial charge on any atom is 0.147 e. The summed E-state index contributed by atoms with van der Waals surface area (Å²) in [6.45, 7) is 7.84. The zero-order valence-corrected chi connectivity index (χ0v) is 15.1. The van der Waals surface area contributed by atoms with Gasteiger partial charge in [0.1, 0.15) is 30.1 Å². The molecule has 6 heteroatoms. The van der Waals surface area contributed by atoms with Crippen LogP contribution < -0.4 is 4.74 Å². The summed E-state index contributed by atoms with van der Waals surface area (Å²) in [6, 6.07) is 9.64. The molecule has 0 aliphatic carbocycles. The molecule has 2 atom stereocenters. The Hall–Kier alpha value is -1.92. The third kappa shape index (κ3) is 5.28. The van der Waals surface area contributed by atoms with E-state index < -0.39 is 6.10 Å². The second kappa shape index (κ2) is 8.45. The van der Waals surface area contributed by atoms with Crippen LogP contribution >= 0.6 is 0 Å². The fraction of sp³-hybridized carbons (Fsp3) is 0.579. The van der Waals surface area contributed by atoms with E-state index in [9.17, 15) is 5.11 Å². The first-order valence-electron chi connectivity index (χ1n) is 9.06. The number of para-hydroxylation sites is 1. The summed E-state index contributed by atoms with van der Waals surface area (Å²) in [7, 11) is 0. The van der Waals surface area contributed by atoms with Gasteiger partial charge >= 0.3 is 0 Å². The Morgan fingerprint density at radius 2 is 2.08 bits per heavy atom. The maximum absolute atomic E-state index is 10.3. The molecule has 0 radical (unpaired) electrons. The number of piperidine rings is 1. The Labute approximate surface area is 149 Å². The minimum Gasteiger partial charge on any atom is -0.491 e. The van der Waals surface area contributed by atoms with Crippen molar-refractivity contribution in [2.45, 2.75) is 39.3 Å². The number of aryl methyl sites for hydroxylation is 2. The van der Waals surface area contributed by atoms with Gasteiger partial charge in [0.25, 0.3) is 0 Å². The van der Waals surface area contributed by atoms with Gasteiger partial charge in [-0.15, -0.1) is 0 Å². The molecule has 2 aromatic rings. The van der Waals surface area contributed by atoms with E-state index in [1.165, 1.54) is 6.42 Å². The lowest BCUT2D eigenvalue weighted by molar-refractivity contribution is 0.0494. The second-order valence-corrected chi connectivity index (χ2v) is 6.93. The quantitative estimate of drug-likeness (QED) is 0.833. The number of ether oxygens (including phenoxy) is 1. The molecule has 1 aliphatic heterocycles. The van der Waals surface area contributed by atoms with Crippen LogP contribution in [0.15, 0.2) is 30.3 Å².